The Balaban J connectivity index is 1.54. The topological polar surface area (TPSA) is 61.8 Å². The third kappa shape index (κ3) is 4.32. The molecule has 8 heteroatoms. The summed E-state index contributed by atoms with van der Waals surface area (Å²) >= 11 is 0. The Kier molecular flexibility index (Phi) is 5.62. The van der Waals surface area contributed by atoms with Crippen molar-refractivity contribution in [2.24, 2.45) is 0 Å². The first-order chi connectivity index (χ1) is 14.0. The molecule has 7 nitrogen and oxygen atoms in total. The minimum absolute atomic E-state index is 0.0317. The molecule has 4 rings (SSSR count). The monoisotopic (exact) mass is 399 g/mol. The molecular formula is C21H26FN5O2. The molecule has 0 unspecified atom stereocenters. The van der Waals surface area contributed by atoms with Crippen LogP contribution in [-0.2, 0) is 28.9 Å². The highest BCUT2D eigenvalue weighted by Crippen LogP contribution is 2.28. The molecule has 2 aliphatic heterocycles. The van der Waals surface area contributed by atoms with Gasteiger partial charge in [0, 0.05) is 45.7 Å². The maximum atomic E-state index is 13.1. The molecule has 154 valence electrons. The van der Waals surface area contributed by atoms with Gasteiger partial charge in [0.15, 0.2) is 0 Å². The van der Waals surface area contributed by atoms with E-state index >= 15 is 0 Å². The second kappa shape index (κ2) is 8.32. The van der Waals surface area contributed by atoms with Crippen molar-refractivity contribution in [3.63, 3.8) is 0 Å². The summed E-state index contributed by atoms with van der Waals surface area (Å²) in [5, 5.41) is 0. The van der Waals surface area contributed by atoms with Crippen LogP contribution < -0.4 is 9.80 Å². The number of nitrogens with zero attached hydrogens (tertiary/aromatic N) is 5. The molecule has 1 aromatic carbocycles. The molecule has 0 aliphatic carbocycles. The van der Waals surface area contributed by atoms with Crippen molar-refractivity contribution in [3.8, 4) is 0 Å². The smallest absolute Gasteiger partial charge is 0.227 e. The highest BCUT2D eigenvalue weighted by atomic mass is 19.1. The number of carbonyl (C=O) groups excluding carboxylic acids is 1. The molecule has 0 bridgehead atoms. The molecule has 0 saturated carbocycles. The van der Waals surface area contributed by atoms with Crippen molar-refractivity contribution in [2.75, 3.05) is 56.7 Å². The minimum atomic E-state index is -0.294. The Morgan fingerprint density at radius 1 is 1.14 bits per heavy atom. The zero-order chi connectivity index (χ0) is 20.4. The van der Waals surface area contributed by atoms with E-state index in [9.17, 15) is 9.18 Å². The Morgan fingerprint density at radius 3 is 2.55 bits per heavy atom. The number of rotatable bonds is 4. The SMILES string of the molecule is CN(C)c1nc(N2CCOCC2)nc2c1CN(C(=O)Cc1ccc(F)cc1)CC2. The molecule has 29 heavy (non-hydrogen) atoms. The van der Waals surface area contributed by atoms with Crippen LogP contribution in [0.4, 0.5) is 16.2 Å². The Morgan fingerprint density at radius 2 is 1.86 bits per heavy atom. The van der Waals surface area contributed by atoms with E-state index in [1.807, 2.05) is 23.9 Å². The number of amides is 1. The molecule has 1 saturated heterocycles. The van der Waals surface area contributed by atoms with Gasteiger partial charge < -0.3 is 19.4 Å². The first-order valence-electron chi connectivity index (χ1n) is 9.93. The maximum Gasteiger partial charge on any atom is 0.227 e. The van der Waals surface area contributed by atoms with Crippen molar-refractivity contribution in [3.05, 3.63) is 46.9 Å². The minimum Gasteiger partial charge on any atom is -0.378 e. The van der Waals surface area contributed by atoms with Gasteiger partial charge in [-0.1, -0.05) is 12.1 Å². The van der Waals surface area contributed by atoms with Crippen LogP contribution in [0.1, 0.15) is 16.8 Å². The summed E-state index contributed by atoms with van der Waals surface area (Å²) in [7, 11) is 3.93. The van der Waals surface area contributed by atoms with Crippen LogP contribution in [0.25, 0.3) is 0 Å². The second-order valence-corrected chi connectivity index (χ2v) is 7.63. The molecule has 0 atom stereocenters. The fourth-order valence-electron chi connectivity index (χ4n) is 3.76. The molecule has 0 radical (unpaired) electrons. The zero-order valence-corrected chi connectivity index (χ0v) is 16.9. The predicted octanol–water partition coefficient (Wildman–Crippen LogP) is 1.65. The fourth-order valence-corrected chi connectivity index (χ4v) is 3.76. The lowest BCUT2D eigenvalue weighted by Crippen LogP contribution is -2.40. The molecular weight excluding hydrogens is 373 g/mol. The van der Waals surface area contributed by atoms with Crippen LogP contribution in [0.15, 0.2) is 24.3 Å². The molecule has 0 N–H and O–H groups in total. The Labute approximate surface area is 170 Å². The Bertz CT molecular complexity index is 881. The van der Waals surface area contributed by atoms with Crippen molar-refractivity contribution in [1.29, 1.82) is 0 Å². The number of ether oxygens (including phenoxy) is 1. The van der Waals surface area contributed by atoms with Crippen LogP contribution >= 0.6 is 0 Å². The molecule has 2 aliphatic rings. The van der Waals surface area contributed by atoms with Crippen molar-refractivity contribution < 1.29 is 13.9 Å². The third-order valence-corrected chi connectivity index (χ3v) is 5.37. The maximum absolute atomic E-state index is 13.1. The molecule has 2 aromatic rings. The first kappa shape index (κ1) is 19.6. The van der Waals surface area contributed by atoms with Crippen molar-refractivity contribution in [1.82, 2.24) is 14.9 Å². The quantitative estimate of drug-likeness (QED) is 0.779. The van der Waals surface area contributed by atoms with E-state index < -0.39 is 0 Å². The fraction of sp³-hybridized carbons (Fsp3) is 0.476. The van der Waals surface area contributed by atoms with Gasteiger partial charge in [0.05, 0.1) is 31.9 Å². The molecule has 0 spiro atoms. The van der Waals surface area contributed by atoms with Gasteiger partial charge in [-0.3, -0.25) is 4.79 Å². The van der Waals surface area contributed by atoms with Gasteiger partial charge in [0.1, 0.15) is 11.6 Å². The standard InChI is InChI=1S/C21H26FN5O2/c1-25(2)20-17-14-27(19(28)13-15-3-5-16(22)6-4-15)8-7-18(17)23-21(24-20)26-9-11-29-12-10-26/h3-6H,7-14H2,1-2H3. The lowest BCUT2D eigenvalue weighted by atomic mass is 10.0. The third-order valence-electron chi connectivity index (χ3n) is 5.37. The van der Waals surface area contributed by atoms with Crippen LogP contribution in [-0.4, -0.2) is 67.7 Å². The van der Waals surface area contributed by atoms with Crippen LogP contribution in [0.3, 0.4) is 0 Å². The van der Waals surface area contributed by atoms with Gasteiger partial charge in [-0.25, -0.2) is 9.37 Å². The van der Waals surface area contributed by atoms with E-state index in [1.165, 1.54) is 12.1 Å². The largest absolute Gasteiger partial charge is 0.378 e. The van der Waals surface area contributed by atoms with Crippen LogP contribution in [0, 0.1) is 5.82 Å². The molecule has 3 heterocycles. The number of hydrogen-bond donors (Lipinski definition) is 0. The van der Waals surface area contributed by atoms with E-state index in [1.54, 1.807) is 12.1 Å². The summed E-state index contributed by atoms with van der Waals surface area (Å²) in [6.45, 7) is 4.06. The van der Waals surface area contributed by atoms with Gasteiger partial charge in [-0.2, -0.15) is 4.98 Å². The van der Waals surface area contributed by atoms with Crippen molar-refractivity contribution >= 4 is 17.7 Å². The van der Waals surface area contributed by atoms with Gasteiger partial charge in [0.2, 0.25) is 11.9 Å². The number of halogens is 1. The molecule has 1 amide bonds. The van der Waals surface area contributed by atoms with Gasteiger partial charge in [-0.15, -0.1) is 0 Å². The normalized spacial score (nSPS) is 16.5. The Hall–Kier alpha value is -2.74. The number of morpholine rings is 1. The number of aromatic nitrogens is 2. The first-order valence-corrected chi connectivity index (χ1v) is 9.93. The number of benzene rings is 1. The van der Waals surface area contributed by atoms with E-state index in [2.05, 4.69) is 4.90 Å². The summed E-state index contributed by atoms with van der Waals surface area (Å²) in [6, 6.07) is 6.10. The highest BCUT2D eigenvalue weighted by molar-refractivity contribution is 5.79. The average molecular weight is 399 g/mol. The summed E-state index contributed by atoms with van der Waals surface area (Å²) in [5.74, 6) is 1.33. The lowest BCUT2D eigenvalue weighted by Gasteiger charge is -2.33. The van der Waals surface area contributed by atoms with Gasteiger partial charge >= 0.3 is 0 Å². The molecule has 1 aromatic heterocycles. The van der Waals surface area contributed by atoms with Crippen LogP contribution in [0.2, 0.25) is 0 Å². The van der Waals surface area contributed by atoms with Crippen LogP contribution in [0.5, 0.6) is 0 Å². The summed E-state index contributed by atoms with van der Waals surface area (Å²) in [6.07, 6.45) is 0.963. The second-order valence-electron chi connectivity index (χ2n) is 7.63. The number of hydrogen-bond acceptors (Lipinski definition) is 6. The van der Waals surface area contributed by atoms with E-state index in [0.717, 1.165) is 41.7 Å². The van der Waals surface area contributed by atoms with E-state index in [-0.39, 0.29) is 18.1 Å². The average Bonchev–Trinajstić information content (AvgIpc) is 2.74. The van der Waals surface area contributed by atoms with E-state index in [0.29, 0.717) is 32.7 Å². The predicted molar refractivity (Wildman–Crippen MR) is 109 cm³/mol. The summed E-state index contributed by atoms with van der Waals surface area (Å²) in [5.41, 5.74) is 2.83. The summed E-state index contributed by atoms with van der Waals surface area (Å²) < 4.78 is 18.5. The summed E-state index contributed by atoms with van der Waals surface area (Å²) in [4.78, 5) is 28.4. The highest BCUT2D eigenvalue weighted by Gasteiger charge is 2.27. The number of carbonyl (C=O) groups is 1. The van der Waals surface area contributed by atoms with Crippen molar-refractivity contribution in [2.45, 2.75) is 19.4 Å². The lowest BCUT2D eigenvalue weighted by molar-refractivity contribution is -0.131. The van der Waals surface area contributed by atoms with Gasteiger partial charge in [-0.05, 0) is 17.7 Å². The van der Waals surface area contributed by atoms with Gasteiger partial charge in [0.25, 0.3) is 0 Å². The number of fused-ring (bicyclic) bond motifs is 1. The zero-order valence-electron chi connectivity index (χ0n) is 16.9. The van der Waals surface area contributed by atoms with E-state index in [4.69, 9.17) is 14.7 Å². The molecule has 1 fully saturated rings. The number of anilines is 2.